The van der Waals surface area contributed by atoms with Gasteiger partial charge in [-0.3, -0.25) is 0 Å². The standard InChI is InChI=1S/C11H20O3/c1-5-9(12)8(3)11-7(2)6-10(13-4)14-11/h5,7-12H,1,6H2,2-4H3/t7-,8+,9-,10+,11-/m1/s1. The zero-order valence-corrected chi connectivity index (χ0v) is 9.14. The van der Waals surface area contributed by atoms with Crippen molar-refractivity contribution in [2.24, 2.45) is 11.8 Å². The van der Waals surface area contributed by atoms with Gasteiger partial charge in [-0.15, -0.1) is 6.58 Å². The van der Waals surface area contributed by atoms with E-state index >= 15 is 0 Å². The number of rotatable bonds is 4. The van der Waals surface area contributed by atoms with E-state index in [4.69, 9.17) is 9.47 Å². The summed E-state index contributed by atoms with van der Waals surface area (Å²) in [4.78, 5) is 0. The third kappa shape index (κ3) is 2.35. The number of aliphatic hydroxyl groups is 1. The summed E-state index contributed by atoms with van der Waals surface area (Å²) < 4.78 is 10.8. The highest BCUT2D eigenvalue weighted by atomic mass is 16.7. The monoisotopic (exact) mass is 200 g/mol. The lowest BCUT2D eigenvalue weighted by molar-refractivity contribution is -0.134. The molecule has 5 atom stereocenters. The van der Waals surface area contributed by atoms with Crippen LogP contribution in [0.15, 0.2) is 12.7 Å². The Kier molecular flexibility index (Phi) is 4.11. The fraction of sp³-hybridized carbons (Fsp3) is 0.818. The van der Waals surface area contributed by atoms with Crippen LogP contribution in [0.2, 0.25) is 0 Å². The molecule has 1 saturated heterocycles. The first-order valence-corrected chi connectivity index (χ1v) is 5.09. The van der Waals surface area contributed by atoms with Crippen molar-refractivity contribution in [3.8, 4) is 0 Å². The molecule has 0 radical (unpaired) electrons. The molecule has 1 rings (SSSR count). The summed E-state index contributed by atoms with van der Waals surface area (Å²) in [7, 11) is 1.65. The summed E-state index contributed by atoms with van der Waals surface area (Å²) in [5.41, 5.74) is 0. The molecule has 3 nitrogen and oxygen atoms in total. The van der Waals surface area contributed by atoms with E-state index < -0.39 is 6.10 Å². The molecular weight excluding hydrogens is 180 g/mol. The van der Waals surface area contributed by atoms with Crippen LogP contribution >= 0.6 is 0 Å². The Balaban J connectivity index is 2.56. The van der Waals surface area contributed by atoms with Gasteiger partial charge in [0.15, 0.2) is 6.29 Å². The van der Waals surface area contributed by atoms with Crippen molar-refractivity contribution >= 4 is 0 Å². The van der Waals surface area contributed by atoms with Gasteiger partial charge in [-0.1, -0.05) is 19.9 Å². The molecule has 0 bridgehead atoms. The summed E-state index contributed by atoms with van der Waals surface area (Å²) in [5, 5.41) is 9.62. The summed E-state index contributed by atoms with van der Waals surface area (Å²) in [6.07, 6.45) is 1.90. The first kappa shape index (κ1) is 11.7. The topological polar surface area (TPSA) is 38.7 Å². The highest BCUT2D eigenvalue weighted by molar-refractivity contribution is 4.90. The van der Waals surface area contributed by atoms with Gasteiger partial charge in [0.2, 0.25) is 0 Å². The molecule has 0 amide bonds. The van der Waals surface area contributed by atoms with Crippen molar-refractivity contribution in [2.45, 2.75) is 38.8 Å². The largest absolute Gasteiger partial charge is 0.389 e. The van der Waals surface area contributed by atoms with E-state index in [1.807, 2.05) is 6.92 Å². The zero-order valence-electron chi connectivity index (χ0n) is 9.14. The maximum atomic E-state index is 9.62. The van der Waals surface area contributed by atoms with E-state index in [0.29, 0.717) is 5.92 Å². The maximum Gasteiger partial charge on any atom is 0.157 e. The lowest BCUT2D eigenvalue weighted by Crippen LogP contribution is -2.31. The number of ether oxygens (including phenoxy) is 2. The van der Waals surface area contributed by atoms with Crippen molar-refractivity contribution < 1.29 is 14.6 Å². The Labute approximate surface area is 85.7 Å². The molecule has 1 aliphatic rings. The van der Waals surface area contributed by atoms with E-state index in [1.54, 1.807) is 13.2 Å². The molecule has 1 N–H and O–H groups in total. The smallest absolute Gasteiger partial charge is 0.157 e. The Morgan fingerprint density at radius 3 is 2.71 bits per heavy atom. The molecule has 3 heteroatoms. The Hall–Kier alpha value is -0.380. The van der Waals surface area contributed by atoms with Gasteiger partial charge < -0.3 is 14.6 Å². The summed E-state index contributed by atoms with van der Waals surface area (Å²) >= 11 is 0. The SMILES string of the molecule is C=C[C@@H](O)[C@H](C)[C@@H]1O[C@H](OC)C[C@H]1C. The predicted molar refractivity (Wildman–Crippen MR) is 54.8 cm³/mol. The van der Waals surface area contributed by atoms with Crippen LogP contribution in [0.4, 0.5) is 0 Å². The Morgan fingerprint density at radius 2 is 2.29 bits per heavy atom. The van der Waals surface area contributed by atoms with Gasteiger partial charge in [0, 0.05) is 19.4 Å². The van der Waals surface area contributed by atoms with Gasteiger partial charge in [0.1, 0.15) is 0 Å². The maximum absolute atomic E-state index is 9.62. The number of hydrogen-bond donors (Lipinski definition) is 1. The molecule has 82 valence electrons. The number of methoxy groups -OCH3 is 1. The minimum atomic E-state index is -0.502. The minimum Gasteiger partial charge on any atom is -0.389 e. The molecule has 0 aromatic heterocycles. The van der Waals surface area contributed by atoms with Gasteiger partial charge >= 0.3 is 0 Å². The second-order valence-electron chi connectivity index (χ2n) is 4.06. The lowest BCUT2D eigenvalue weighted by Gasteiger charge is -2.25. The number of hydrogen-bond acceptors (Lipinski definition) is 3. The average Bonchev–Trinajstić information content (AvgIpc) is 2.57. The molecule has 0 aliphatic carbocycles. The first-order valence-electron chi connectivity index (χ1n) is 5.09. The van der Waals surface area contributed by atoms with Crippen LogP contribution in [0.5, 0.6) is 0 Å². The molecule has 0 unspecified atom stereocenters. The van der Waals surface area contributed by atoms with Crippen LogP contribution < -0.4 is 0 Å². The molecule has 1 heterocycles. The predicted octanol–water partition coefficient (Wildman–Crippen LogP) is 1.57. The van der Waals surface area contributed by atoms with Gasteiger partial charge in [-0.25, -0.2) is 0 Å². The van der Waals surface area contributed by atoms with E-state index in [2.05, 4.69) is 13.5 Å². The molecule has 1 fully saturated rings. The van der Waals surface area contributed by atoms with E-state index in [9.17, 15) is 5.11 Å². The molecule has 0 saturated carbocycles. The summed E-state index contributed by atoms with van der Waals surface area (Å²) in [6.45, 7) is 7.68. The van der Waals surface area contributed by atoms with Crippen LogP contribution in [-0.2, 0) is 9.47 Å². The van der Waals surface area contributed by atoms with Crippen molar-refractivity contribution in [3.63, 3.8) is 0 Å². The minimum absolute atomic E-state index is 0.0629. The van der Waals surface area contributed by atoms with Gasteiger partial charge in [0.25, 0.3) is 0 Å². The van der Waals surface area contributed by atoms with Gasteiger partial charge in [-0.2, -0.15) is 0 Å². The molecule has 0 aromatic carbocycles. The Bertz CT molecular complexity index is 193. The summed E-state index contributed by atoms with van der Waals surface area (Å²) in [6, 6.07) is 0. The van der Waals surface area contributed by atoms with Gasteiger partial charge in [0.05, 0.1) is 12.2 Å². The molecule has 0 spiro atoms. The zero-order chi connectivity index (χ0) is 10.7. The highest BCUT2D eigenvalue weighted by Crippen LogP contribution is 2.32. The van der Waals surface area contributed by atoms with Gasteiger partial charge in [-0.05, 0) is 5.92 Å². The average molecular weight is 200 g/mol. The molecule has 14 heavy (non-hydrogen) atoms. The van der Waals surface area contributed by atoms with Crippen molar-refractivity contribution in [2.75, 3.05) is 7.11 Å². The highest BCUT2D eigenvalue weighted by Gasteiger charge is 2.37. The van der Waals surface area contributed by atoms with Crippen molar-refractivity contribution in [1.82, 2.24) is 0 Å². The van der Waals surface area contributed by atoms with E-state index in [0.717, 1.165) is 6.42 Å². The van der Waals surface area contributed by atoms with Crippen molar-refractivity contribution in [1.29, 1.82) is 0 Å². The van der Waals surface area contributed by atoms with E-state index in [-0.39, 0.29) is 18.3 Å². The fourth-order valence-corrected chi connectivity index (χ4v) is 2.01. The fourth-order valence-electron chi connectivity index (χ4n) is 2.01. The van der Waals surface area contributed by atoms with Crippen LogP contribution in [-0.4, -0.2) is 30.7 Å². The van der Waals surface area contributed by atoms with E-state index in [1.165, 1.54) is 0 Å². The van der Waals surface area contributed by atoms with Crippen LogP contribution in [0, 0.1) is 11.8 Å². The molecule has 0 aromatic rings. The first-order chi connectivity index (χ1) is 6.60. The second kappa shape index (κ2) is 4.91. The third-order valence-corrected chi connectivity index (χ3v) is 3.00. The quantitative estimate of drug-likeness (QED) is 0.700. The third-order valence-electron chi connectivity index (χ3n) is 3.00. The second-order valence-corrected chi connectivity index (χ2v) is 4.06. The molecule has 1 aliphatic heterocycles. The normalized spacial score (nSPS) is 36.7. The van der Waals surface area contributed by atoms with Crippen LogP contribution in [0.25, 0.3) is 0 Å². The lowest BCUT2D eigenvalue weighted by atomic mass is 9.89. The number of aliphatic hydroxyl groups excluding tert-OH is 1. The molecular formula is C11H20O3. The Morgan fingerprint density at radius 1 is 1.64 bits per heavy atom. The van der Waals surface area contributed by atoms with Crippen LogP contribution in [0.1, 0.15) is 20.3 Å². The van der Waals surface area contributed by atoms with Crippen LogP contribution in [0.3, 0.4) is 0 Å². The van der Waals surface area contributed by atoms with Crippen molar-refractivity contribution in [3.05, 3.63) is 12.7 Å². The summed E-state index contributed by atoms with van der Waals surface area (Å²) in [5.74, 6) is 0.493.